The molecule has 11 heteroatoms. The Morgan fingerprint density at radius 3 is 2.25 bits per heavy atom. The smallest absolute Gasteiger partial charge is 0.416 e. The third kappa shape index (κ3) is 3.98. The number of sulfonamides is 1. The number of rotatable bonds is 5. The molecule has 0 bridgehead atoms. The van der Waals surface area contributed by atoms with Crippen molar-refractivity contribution in [2.45, 2.75) is 11.1 Å². The zero-order valence-corrected chi connectivity index (χ0v) is 14.7. The molecule has 0 aliphatic carbocycles. The number of carbonyl (C=O) groups is 1. The second kappa shape index (κ2) is 7.00. The molecule has 0 spiro atoms. The highest BCUT2D eigenvalue weighted by Crippen LogP contribution is 2.30. The highest BCUT2D eigenvalue weighted by molar-refractivity contribution is 7.92. The Balaban J connectivity index is 1.94. The first-order chi connectivity index (χ1) is 13.1. The minimum absolute atomic E-state index is 0.0717. The van der Waals surface area contributed by atoms with Crippen LogP contribution in [0.5, 0.6) is 0 Å². The van der Waals surface area contributed by atoms with Gasteiger partial charge in [0.1, 0.15) is 0 Å². The number of hydrogen-bond acceptors (Lipinski definition) is 4. The first kappa shape index (κ1) is 19.4. The van der Waals surface area contributed by atoms with Crippen LogP contribution in [0.3, 0.4) is 0 Å². The summed E-state index contributed by atoms with van der Waals surface area (Å²) in [7, 11) is -4.19. The monoisotopic (exact) mass is 411 g/mol. The number of alkyl halides is 3. The van der Waals surface area contributed by atoms with Gasteiger partial charge in [-0.05, 0) is 42.5 Å². The van der Waals surface area contributed by atoms with Gasteiger partial charge in [-0.25, -0.2) is 17.9 Å². The van der Waals surface area contributed by atoms with E-state index in [0.717, 1.165) is 12.1 Å². The van der Waals surface area contributed by atoms with Crippen molar-refractivity contribution in [3.8, 4) is 5.69 Å². The summed E-state index contributed by atoms with van der Waals surface area (Å²) in [6.07, 6.45) is -3.24. The Morgan fingerprint density at radius 1 is 1.04 bits per heavy atom. The van der Waals surface area contributed by atoms with Gasteiger partial charge >= 0.3 is 12.1 Å². The molecule has 0 unspecified atom stereocenters. The minimum atomic E-state index is -4.58. The van der Waals surface area contributed by atoms with Crippen LogP contribution in [-0.2, 0) is 16.2 Å². The van der Waals surface area contributed by atoms with E-state index in [0.29, 0.717) is 12.1 Å². The first-order valence-electron chi connectivity index (χ1n) is 7.66. The summed E-state index contributed by atoms with van der Waals surface area (Å²) in [5, 5.41) is 12.8. The predicted molar refractivity (Wildman–Crippen MR) is 92.8 cm³/mol. The minimum Gasteiger partial charge on any atom is -0.476 e. The predicted octanol–water partition coefficient (Wildman–Crippen LogP) is 3.39. The Morgan fingerprint density at radius 2 is 1.68 bits per heavy atom. The summed E-state index contributed by atoms with van der Waals surface area (Å²) < 4.78 is 66.5. The number of nitrogens with one attached hydrogen (secondary N) is 1. The van der Waals surface area contributed by atoms with Crippen molar-refractivity contribution in [3.63, 3.8) is 0 Å². The molecule has 0 aliphatic heterocycles. The maximum Gasteiger partial charge on any atom is 0.416 e. The van der Waals surface area contributed by atoms with Gasteiger partial charge in [-0.3, -0.25) is 4.72 Å². The summed E-state index contributed by atoms with van der Waals surface area (Å²) in [5.41, 5.74) is -0.891. The van der Waals surface area contributed by atoms with E-state index in [9.17, 15) is 26.4 Å². The van der Waals surface area contributed by atoms with Crippen molar-refractivity contribution >= 4 is 21.7 Å². The molecule has 3 rings (SSSR count). The quantitative estimate of drug-likeness (QED) is 0.670. The van der Waals surface area contributed by atoms with Crippen LogP contribution >= 0.6 is 0 Å². The van der Waals surface area contributed by atoms with E-state index in [1.54, 1.807) is 6.07 Å². The lowest BCUT2D eigenvalue weighted by Gasteiger charge is -2.13. The standard InChI is InChI=1S/C17H12F3N3O4S/c18-17(19,20)11-5-7-12(8-6-11)28(26,27)22-13-3-1-2-4-15(13)23-10-9-14(21-23)16(24)25/h1-10,22H,(H,24,25). The normalized spacial score (nSPS) is 12.0. The van der Waals surface area contributed by atoms with Crippen molar-refractivity contribution in [1.82, 2.24) is 9.78 Å². The van der Waals surface area contributed by atoms with Crippen LogP contribution in [0.1, 0.15) is 16.1 Å². The van der Waals surface area contributed by atoms with Crippen molar-refractivity contribution in [2.75, 3.05) is 4.72 Å². The summed E-state index contributed by atoms with van der Waals surface area (Å²) >= 11 is 0. The number of carboxylic acid groups (broad SMARTS) is 1. The van der Waals surface area contributed by atoms with Gasteiger partial charge in [0.25, 0.3) is 10.0 Å². The summed E-state index contributed by atoms with van der Waals surface area (Å²) in [6.45, 7) is 0. The molecule has 146 valence electrons. The Labute approximate surface area is 157 Å². The number of nitrogens with zero attached hydrogens (tertiary/aromatic N) is 2. The maximum absolute atomic E-state index is 12.6. The van der Waals surface area contributed by atoms with Gasteiger partial charge in [0.05, 0.1) is 21.8 Å². The molecule has 0 saturated carbocycles. The number of anilines is 1. The number of para-hydroxylation sites is 2. The molecule has 3 aromatic rings. The number of benzene rings is 2. The second-order valence-corrected chi connectivity index (χ2v) is 7.28. The number of aromatic carboxylic acids is 1. The lowest BCUT2D eigenvalue weighted by atomic mass is 10.2. The fourth-order valence-electron chi connectivity index (χ4n) is 2.36. The molecule has 0 saturated heterocycles. The van der Waals surface area contributed by atoms with Crippen molar-refractivity contribution in [3.05, 3.63) is 72.1 Å². The van der Waals surface area contributed by atoms with E-state index < -0.39 is 27.7 Å². The van der Waals surface area contributed by atoms with Crippen molar-refractivity contribution < 1.29 is 31.5 Å². The highest BCUT2D eigenvalue weighted by atomic mass is 32.2. The lowest BCUT2D eigenvalue weighted by Crippen LogP contribution is -2.15. The zero-order valence-electron chi connectivity index (χ0n) is 13.9. The lowest BCUT2D eigenvalue weighted by molar-refractivity contribution is -0.137. The van der Waals surface area contributed by atoms with Crippen LogP contribution in [0.4, 0.5) is 18.9 Å². The Bertz CT molecular complexity index is 1120. The fourth-order valence-corrected chi connectivity index (χ4v) is 3.43. The van der Waals surface area contributed by atoms with E-state index in [1.807, 2.05) is 0 Å². The van der Waals surface area contributed by atoms with Gasteiger partial charge < -0.3 is 5.11 Å². The van der Waals surface area contributed by atoms with Gasteiger partial charge in [-0.15, -0.1) is 0 Å². The van der Waals surface area contributed by atoms with Crippen LogP contribution in [-0.4, -0.2) is 29.3 Å². The summed E-state index contributed by atoms with van der Waals surface area (Å²) in [6, 6.07) is 10.3. The summed E-state index contributed by atoms with van der Waals surface area (Å²) in [4.78, 5) is 10.6. The van der Waals surface area contributed by atoms with Gasteiger partial charge in [0, 0.05) is 6.20 Å². The Kier molecular flexibility index (Phi) is 4.86. The van der Waals surface area contributed by atoms with Crippen molar-refractivity contribution in [1.29, 1.82) is 0 Å². The molecular formula is C17H12F3N3O4S. The molecule has 0 atom stereocenters. The molecule has 0 aliphatic rings. The molecule has 28 heavy (non-hydrogen) atoms. The van der Waals surface area contributed by atoms with Gasteiger partial charge in [-0.1, -0.05) is 12.1 Å². The third-order valence-corrected chi connectivity index (χ3v) is 5.08. The second-order valence-electron chi connectivity index (χ2n) is 5.60. The van der Waals surface area contributed by atoms with Crippen molar-refractivity contribution in [2.24, 2.45) is 0 Å². The SMILES string of the molecule is O=C(O)c1ccn(-c2ccccc2NS(=O)(=O)c2ccc(C(F)(F)F)cc2)n1. The van der Waals surface area contributed by atoms with Crippen LogP contribution in [0.2, 0.25) is 0 Å². The zero-order chi connectivity index (χ0) is 20.5. The average Bonchev–Trinajstić information content (AvgIpc) is 3.11. The largest absolute Gasteiger partial charge is 0.476 e. The molecule has 2 aromatic carbocycles. The molecule has 1 aromatic heterocycles. The van der Waals surface area contributed by atoms with Gasteiger partial charge in [0.2, 0.25) is 0 Å². The Hall–Kier alpha value is -3.34. The molecular weight excluding hydrogens is 399 g/mol. The first-order valence-corrected chi connectivity index (χ1v) is 9.15. The van der Waals surface area contributed by atoms with Gasteiger partial charge in [-0.2, -0.15) is 18.3 Å². The van der Waals surface area contributed by atoms with E-state index >= 15 is 0 Å². The van der Waals surface area contributed by atoms with E-state index in [4.69, 9.17) is 5.11 Å². The van der Waals surface area contributed by atoms with Gasteiger partial charge in [0.15, 0.2) is 5.69 Å². The van der Waals surface area contributed by atoms with Crippen LogP contribution < -0.4 is 4.72 Å². The third-order valence-electron chi connectivity index (χ3n) is 3.70. The van der Waals surface area contributed by atoms with Crippen LogP contribution in [0.25, 0.3) is 5.69 Å². The number of halogens is 3. The number of aromatic nitrogens is 2. The molecule has 7 nitrogen and oxygen atoms in total. The molecule has 0 amide bonds. The van der Waals surface area contributed by atoms with E-state index in [2.05, 4.69) is 9.82 Å². The highest BCUT2D eigenvalue weighted by Gasteiger charge is 2.30. The molecule has 2 N–H and O–H groups in total. The fraction of sp³-hybridized carbons (Fsp3) is 0.0588. The van der Waals surface area contributed by atoms with E-state index in [-0.39, 0.29) is 22.0 Å². The topological polar surface area (TPSA) is 101 Å². The summed E-state index contributed by atoms with van der Waals surface area (Å²) in [5.74, 6) is -1.25. The van der Waals surface area contributed by atoms with Crippen LogP contribution in [0.15, 0.2) is 65.7 Å². The maximum atomic E-state index is 12.6. The average molecular weight is 411 g/mol. The van der Waals surface area contributed by atoms with Crippen LogP contribution in [0, 0.1) is 0 Å². The molecule has 0 fully saturated rings. The van der Waals surface area contributed by atoms with E-state index in [1.165, 1.54) is 35.1 Å². The number of hydrogen-bond donors (Lipinski definition) is 2. The molecule has 0 radical (unpaired) electrons. The number of carboxylic acids is 1. The molecule has 1 heterocycles.